The quantitative estimate of drug-likeness (QED) is 0.792. The van der Waals surface area contributed by atoms with Gasteiger partial charge in [-0.1, -0.05) is 13.8 Å². The van der Waals surface area contributed by atoms with Crippen molar-refractivity contribution < 1.29 is 4.42 Å². The predicted octanol–water partition coefficient (Wildman–Crippen LogP) is 1.17. The Morgan fingerprint density at radius 1 is 1.17 bits per heavy atom. The van der Waals surface area contributed by atoms with Gasteiger partial charge in [-0.3, -0.25) is 14.6 Å². The second-order valence-electron chi connectivity index (χ2n) is 6.52. The van der Waals surface area contributed by atoms with Crippen molar-refractivity contribution in [2.24, 2.45) is 0 Å². The molecule has 0 bridgehead atoms. The largest absolute Gasteiger partial charge is 0.448 e. The minimum atomic E-state index is -0.0385. The molecule has 2 aromatic heterocycles. The van der Waals surface area contributed by atoms with Crippen LogP contribution in [0.1, 0.15) is 31.2 Å². The zero-order chi connectivity index (χ0) is 16.9. The molecular formula is C17H25N5O2. The number of aromatic nitrogens is 3. The topological polar surface area (TPSA) is 67.4 Å². The Balaban J connectivity index is 1.47. The van der Waals surface area contributed by atoms with Gasteiger partial charge in [0.25, 0.3) is 5.56 Å². The molecule has 0 amide bonds. The van der Waals surface area contributed by atoms with Crippen LogP contribution in [-0.4, -0.2) is 57.3 Å². The van der Waals surface area contributed by atoms with Gasteiger partial charge in [-0.2, -0.15) is 5.10 Å². The predicted molar refractivity (Wildman–Crippen MR) is 90.8 cm³/mol. The van der Waals surface area contributed by atoms with Crippen LogP contribution in [0.15, 0.2) is 33.9 Å². The molecule has 0 saturated carbocycles. The first-order valence-corrected chi connectivity index (χ1v) is 8.52. The SMILES string of the molecule is CC(C)c1ocnc1CN1CCN(CCn2ncccc2=O)CC1. The van der Waals surface area contributed by atoms with E-state index in [1.54, 1.807) is 24.7 Å². The number of hydrogen-bond acceptors (Lipinski definition) is 6. The lowest BCUT2D eigenvalue weighted by Crippen LogP contribution is -2.47. The van der Waals surface area contributed by atoms with Crippen molar-refractivity contribution >= 4 is 0 Å². The fourth-order valence-corrected chi connectivity index (χ4v) is 3.04. The highest BCUT2D eigenvalue weighted by Crippen LogP contribution is 2.20. The highest BCUT2D eigenvalue weighted by atomic mass is 16.3. The van der Waals surface area contributed by atoms with E-state index in [0.717, 1.165) is 50.7 Å². The molecule has 0 aliphatic carbocycles. The second-order valence-corrected chi connectivity index (χ2v) is 6.52. The Bertz CT molecular complexity index is 701. The number of piperazine rings is 1. The van der Waals surface area contributed by atoms with E-state index in [9.17, 15) is 4.79 Å². The average Bonchev–Trinajstić information content (AvgIpc) is 3.04. The maximum atomic E-state index is 11.7. The van der Waals surface area contributed by atoms with Crippen LogP contribution in [0, 0.1) is 0 Å². The van der Waals surface area contributed by atoms with E-state index in [2.05, 4.69) is 33.7 Å². The van der Waals surface area contributed by atoms with Crippen molar-refractivity contribution in [3.8, 4) is 0 Å². The molecule has 0 unspecified atom stereocenters. The maximum Gasteiger partial charge on any atom is 0.266 e. The summed E-state index contributed by atoms with van der Waals surface area (Å²) in [5.41, 5.74) is 1.02. The van der Waals surface area contributed by atoms with E-state index in [-0.39, 0.29) is 5.56 Å². The summed E-state index contributed by atoms with van der Waals surface area (Å²) < 4.78 is 7.02. The van der Waals surface area contributed by atoms with Gasteiger partial charge < -0.3 is 4.42 Å². The Hall–Kier alpha value is -1.99. The molecular weight excluding hydrogens is 306 g/mol. The monoisotopic (exact) mass is 331 g/mol. The normalized spacial score (nSPS) is 16.8. The van der Waals surface area contributed by atoms with Gasteiger partial charge in [-0.15, -0.1) is 0 Å². The molecule has 1 saturated heterocycles. The van der Waals surface area contributed by atoms with Crippen LogP contribution < -0.4 is 5.56 Å². The third-order valence-electron chi connectivity index (χ3n) is 4.45. The number of nitrogens with zero attached hydrogens (tertiary/aromatic N) is 5. The summed E-state index contributed by atoms with van der Waals surface area (Å²) in [4.78, 5) is 20.8. The molecule has 7 heteroatoms. The standard InChI is InChI=1S/C17H25N5O2/c1-14(2)17-15(18-13-24-17)12-21-8-6-20(7-9-21)10-11-22-16(23)4-3-5-19-22/h3-5,13-14H,6-12H2,1-2H3. The zero-order valence-corrected chi connectivity index (χ0v) is 14.4. The number of rotatable bonds is 6. The van der Waals surface area contributed by atoms with Crippen molar-refractivity contribution in [1.29, 1.82) is 0 Å². The Kier molecular flexibility index (Phi) is 5.42. The van der Waals surface area contributed by atoms with Crippen molar-refractivity contribution in [2.45, 2.75) is 32.9 Å². The summed E-state index contributed by atoms with van der Waals surface area (Å²) in [5, 5.41) is 4.10. The molecule has 2 aromatic rings. The first-order chi connectivity index (χ1) is 11.6. The van der Waals surface area contributed by atoms with Crippen molar-refractivity contribution in [2.75, 3.05) is 32.7 Å². The molecule has 0 spiro atoms. The molecule has 0 aromatic carbocycles. The Morgan fingerprint density at radius 2 is 1.92 bits per heavy atom. The van der Waals surface area contributed by atoms with Crippen LogP contribution in [-0.2, 0) is 13.1 Å². The lowest BCUT2D eigenvalue weighted by Gasteiger charge is -2.34. The number of oxazole rings is 1. The van der Waals surface area contributed by atoms with E-state index in [1.807, 2.05) is 0 Å². The highest BCUT2D eigenvalue weighted by molar-refractivity contribution is 5.11. The van der Waals surface area contributed by atoms with Crippen LogP contribution in [0.2, 0.25) is 0 Å². The van der Waals surface area contributed by atoms with Gasteiger partial charge in [0, 0.05) is 57.4 Å². The third kappa shape index (κ3) is 4.10. The Morgan fingerprint density at radius 3 is 2.62 bits per heavy atom. The summed E-state index contributed by atoms with van der Waals surface area (Å²) in [6.45, 7) is 10.6. The second kappa shape index (κ2) is 7.72. The summed E-state index contributed by atoms with van der Waals surface area (Å²) in [6, 6.07) is 3.22. The van der Waals surface area contributed by atoms with Gasteiger partial charge in [0.1, 0.15) is 5.76 Å². The van der Waals surface area contributed by atoms with Crippen molar-refractivity contribution in [3.63, 3.8) is 0 Å². The van der Waals surface area contributed by atoms with Gasteiger partial charge in [0.05, 0.1) is 12.2 Å². The fourth-order valence-electron chi connectivity index (χ4n) is 3.04. The summed E-state index contributed by atoms with van der Waals surface area (Å²) >= 11 is 0. The lowest BCUT2D eigenvalue weighted by molar-refractivity contribution is 0.121. The van der Waals surface area contributed by atoms with Crippen LogP contribution >= 0.6 is 0 Å². The molecule has 1 fully saturated rings. The maximum absolute atomic E-state index is 11.7. The van der Waals surface area contributed by atoms with Gasteiger partial charge in [0.15, 0.2) is 6.39 Å². The van der Waals surface area contributed by atoms with Gasteiger partial charge in [0.2, 0.25) is 0 Å². The molecule has 0 radical (unpaired) electrons. The summed E-state index contributed by atoms with van der Waals surface area (Å²) in [5.74, 6) is 1.35. The molecule has 3 rings (SSSR count). The van der Waals surface area contributed by atoms with Crippen LogP contribution in [0.4, 0.5) is 0 Å². The smallest absolute Gasteiger partial charge is 0.266 e. The van der Waals surface area contributed by atoms with Crippen LogP contribution in [0.25, 0.3) is 0 Å². The molecule has 0 atom stereocenters. The highest BCUT2D eigenvalue weighted by Gasteiger charge is 2.20. The van der Waals surface area contributed by atoms with Crippen molar-refractivity contribution in [3.05, 3.63) is 46.5 Å². The van der Waals surface area contributed by atoms with E-state index in [1.165, 1.54) is 4.68 Å². The molecule has 1 aliphatic rings. The third-order valence-corrected chi connectivity index (χ3v) is 4.45. The number of hydrogen-bond donors (Lipinski definition) is 0. The lowest BCUT2D eigenvalue weighted by atomic mass is 10.1. The first-order valence-electron chi connectivity index (χ1n) is 8.52. The van der Waals surface area contributed by atoms with Gasteiger partial charge in [-0.05, 0) is 6.07 Å². The first kappa shape index (κ1) is 16.9. The molecule has 0 N–H and O–H groups in total. The molecule has 130 valence electrons. The van der Waals surface area contributed by atoms with E-state index in [0.29, 0.717) is 12.5 Å². The summed E-state index contributed by atoms with van der Waals surface area (Å²) in [6.07, 6.45) is 3.20. The van der Waals surface area contributed by atoms with Crippen molar-refractivity contribution in [1.82, 2.24) is 24.6 Å². The molecule has 3 heterocycles. The average molecular weight is 331 g/mol. The molecule has 7 nitrogen and oxygen atoms in total. The van der Waals surface area contributed by atoms with Crippen LogP contribution in [0.5, 0.6) is 0 Å². The molecule has 1 aliphatic heterocycles. The zero-order valence-electron chi connectivity index (χ0n) is 14.4. The van der Waals surface area contributed by atoms with Gasteiger partial charge >= 0.3 is 0 Å². The van der Waals surface area contributed by atoms with Crippen LogP contribution in [0.3, 0.4) is 0 Å². The van der Waals surface area contributed by atoms with E-state index in [4.69, 9.17) is 4.42 Å². The van der Waals surface area contributed by atoms with E-state index >= 15 is 0 Å². The fraction of sp³-hybridized carbons (Fsp3) is 0.588. The minimum absolute atomic E-state index is 0.0385. The summed E-state index contributed by atoms with van der Waals surface area (Å²) in [7, 11) is 0. The van der Waals surface area contributed by atoms with Gasteiger partial charge in [-0.25, -0.2) is 9.67 Å². The van der Waals surface area contributed by atoms with E-state index < -0.39 is 0 Å². The minimum Gasteiger partial charge on any atom is -0.448 e. The Labute approximate surface area is 141 Å². The molecule has 24 heavy (non-hydrogen) atoms.